The molecule has 0 saturated carbocycles. The van der Waals surface area contributed by atoms with E-state index in [9.17, 15) is 13.2 Å². The third-order valence-corrected chi connectivity index (χ3v) is 4.88. The van der Waals surface area contributed by atoms with Gasteiger partial charge < -0.3 is 10.1 Å². The van der Waals surface area contributed by atoms with Gasteiger partial charge in [0.2, 0.25) is 15.9 Å². The molecule has 2 aromatic rings. The zero-order valence-electron chi connectivity index (χ0n) is 14.9. The maximum atomic E-state index is 12.4. The third-order valence-electron chi connectivity index (χ3n) is 3.95. The summed E-state index contributed by atoms with van der Waals surface area (Å²) in [6.45, 7) is 3.70. The number of sulfonamides is 1. The van der Waals surface area contributed by atoms with Crippen LogP contribution in [-0.2, 0) is 14.8 Å². The van der Waals surface area contributed by atoms with Crippen LogP contribution in [0.5, 0.6) is 5.75 Å². The Balaban J connectivity index is 2.01. The number of nitrogens with two attached hydrogens (primary N) is 1. The molecule has 0 saturated heterocycles. The van der Waals surface area contributed by atoms with Gasteiger partial charge in [-0.2, -0.15) is 0 Å². The minimum atomic E-state index is -3.75. The predicted molar refractivity (Wildman–Crippen MR) is 100 cm³/mol. The Bertz CT molecular complexity index is 866. The lowest BCUT2D eigenvalue weighted by Gasteiger charge is -2.21. The highest BCUT2D eigenvalue weighted by Gasteiger charge is 2.18. The van der Waals surface area contributed by atoms with Gasteiger partial charge in [0.25, 0.3) is 0 Å². The lowest BCUT2D eigenvalue weighted by molar-refractivity contribution is -0.117. The van der Waals surface area contributed by atoms with Crippen molar-refractivity contribution in [3.63, 3.8) is 0 Å². The Morgan fingerprint density at radius 2 is 1.69 bits per heavy atom. The van der Waals surface area contributed by atoms with E-state index < -0.39 is 16.1 Å². The summed E-state index contributed by atoms with van der Waals surface area (Å²) in [7, 11) is -2.15. The number of amides is 1. The zero-order valence-corrected chi connectivity index (χ0v) is 15.7. The SMILES string of the molecule is COc1ccccc1[C@@H](C)N[C@@H](C)C(=O)Nc1ccc(S(N)(=O)=O)cc1. The van der Waals surface area contributed by atoms with Gasteiger partial charge in [0.1, 0.15) is 5.75 Å². The second-order valence-electron chi connectivity index (χ2n) is 5.91. The van der Waals surface area contributed by atoms with Crippen molar-refractivity contribution < 1.29 is 17.9 Å². The molecule has 7 nitrogen and oxygen atoms in total. The van der Waals surface area contributed by atoms with Crippen LogP contribution in [0.2, 0.25) is 0 Å². The lowest BCUT2D eigenvalue weighted by Crippen LogP contribution is -2.39. The van der Waals surface area contributed by atoms with Crippen molar-refractivity contribution in [3.8, 4) is 5.75 Å². The molecule has 0 spiro atoms. The van der Waals surface area contributed by atoms with E-state index in [1.807, 2.05) is 31.2 Å². The monoisotopic (exact) mass is 377 g/mol. The summed E-state index contributed by atoms with van der Waals surface area (Å²) in [5, 5.41) is 11.0. The molecule has 0 aromatic heterocycles. The molecule has 0 aliphatic rings. The van der Waals surface area contributed by atoms with Crippen LogP contribution in [0.4, 0.5) is 5.69 Å². The maximum absolute atomic E-state index is 12.4. The summed E-state index contributed by atoms with van der Waals surface area (Å²) < 4.78 is 27.8. The molecular formula is C18H23N3O4S. The minimum Gasteiger partial charge on any atom is -0.496 e. The van der Waals surface area contributed by atoms with Crippen molar-refractivity contribution in [2.45, 2.75) is 30.8 Å². The van der Waals surface area contributed by atoms with E-state index in [4.69, 9.17) is 9.88 Å². The lowest BCUT2D eigenvalue weighted by atomic mass is 10.1. The van der Waals surface area contributed by atoms with Gasteiger partial charge in [-0.1, -0.05) is 18.2 Å². The van der Waals surface area contributed by atoms with Gasteiger partial charge in [0, 0.05) is 17.3 Å². The van der Waals surface area contributed by atoms with Gasteiger partial charge >= 0.3 is 0 Å². The van der Waals surface area contributed by atoms with Crippen molar-refractivity contribution in [1.29, 1.82) is 0 Å². The number of hydrogen-bond acceptors (Lipinski definition) is 5. The maximum Gasteiger partial charge on any atom is 0.241 e. The Morgan fingerprint density at radius 1 is 1.08 bits per heavy atom. The summed E-state index contributed by atoms with van der Waals surface area (Å²) >= 11 is 0. The van der Waals surface area contributed by atoms with Crippen LogP contribution < -0.4 is 20.5 Å². The Hall–Kier alpha value is -2.42. The van der Waals surface area contributed by atoms with Crippen LogP contribution in [-0.4, -0.2) is 27.5 Å². The van der Waals surface area contributed by atoms with Crippen LogP contribution in [0.3, 0.4) is 0 Å². The van der Waals surface area contributed by atoms with Crippen LogP contribution in [0.25, 0.3) is 0 Å². The molecule has 4 N–H and O–H groups in total. The number of ether oxygens (including phenoxy) is 1. The van der Waals surface area contributed by atoms with Gasteiger partial charge in [-0.3, -0.25) is 10.1 Å². The first-order chi connectivity index (χ1) is 12.2. The van der Waals surface area contributed by atoms with Gasteiger partial charge in [0.15, 0.2) is 0 Å². The van der Waals surface area contributed by atoms with Crippen molar-refractivity contribution in [3.05, 3.63) is 54.1 Å². The number of hydrogen-bond donors (Lipinski definition) is 3. The van der Waals surface area contributed by atoms with E-state index in [1.165, 1.54) is 24.3 Å². The quantitative estimate of drug-likeness (QED) is 0.684. The van der Waals surface area contributed by atoms with Gasteiger partial charge in [-0.05, 0) is 44.2 Å². The molecule has 0 aliphatic heterocycles. The number of carbonyl (C=O) groups is 1. The first kappa shape index (κ1) is 19.9. The minimum absolute atomic E-state index is 0.00790. The normalized spacial score (nSPS) is 13.7. The summed E-state index contributed by atoms with van der Waals surface area (Å²) in [5.74, 6) is 0.508. The standard InChI is InChI=1S/C18H23N3O4S/c1-12(16-6-4-5-7-17(16)25-3)20-13(2)18(22)21-14-8-10-15(11-9-14)26(19,23)24/h4-13,20H,1-3H3,(H,21,22)(H2,19,23,24)/t12-,13+/m1/s1. The Morgan fingerprint density at radius 3 is 2.27 bits per heavy atom. The molecule has 0 bridgehead atoms. The molecule has 2 aromatic carbocycles. The first-order valence-corrected chi connectivity index (χ1v) is 9.59. The number of primary sulfonamides is 1. The number of nitrogens with one attached hydrogen (secondary N) is 2. The summed E-state index contributed by atoms with van der Waals surface area (Å²) in [5.41, 5.74) is 1.44. The molecule has 0 unspecified atom stereocenters. The largest absolute Gasteiger partial charge is 0.496 e. The number of carbonyl (C=O) groups excluding carboxylic acids is 1. The molecule has 0 aliphatic carbocycles. The molecule has 1 amide bonds. The van der Waals surface area contributed by atoms with E-state index in [-0.39, 0.29) is 16.8 Å². The molecule has 8 heteroatoms. The van der Waals surface area contributed by atoms with E-state index in [0.29, 0.717) is 5.69 Å². The molecule has 0 heterocycles. The van der Waals surface area contributed by atoms with Crippen LogP contribution in [0, 0.1) is 0 Å². The topological polar surface area (TPSA) is 111 Å². The predicted octanol–water partition coefficient (Wildman–Crippen LogP) is 2.02. The summed E-state index contributed by atoms with van der Waals surface area (Å²) in [6, 6.07) is 12.7. The fourth-order valence-corrected chi connectivity index (χ4v) is 3.06. The highest BCUT2D eigenvalue weighted by atomic mass is 32.2. The van der Waals surface area contributed by atoms with Gasteiger partial charge in [-0.15, -0.1) is 0 Å². The van der Waals surface area contributed by atoms with Crippen molar-refractivity contribution in [2.24, 2.45) is 5.14 Å². The Kier molecular flexibility index (Phi) is 6.36. The van der Waals surface area contributed by atoms with E-state index >= 15 is 0 Å². The second-order valence-corrected chi connectivity index (χ2v) is 7.47. The molecule has 26 heavy (non-hydrogen) atoms. The summed E-state index contributed by atoms with van der Waals surface area (Å²) in [6.07, 6.45) is 0. The summed E-state index contributed by atoms with van der Waals surface area (Å²) in [4.78, 5) is 12.4. The van der Waals surface area contributed by atoms with Crippen molar-refractivity contribution >= 4 is 21.6 Å². The number of benzene rings is 2. The number of methoxy groups -OCH3 is 1. The second kappa shape index (κ2) is 8.31. The molecule has 140 valence electrons. The average Bonchev–Trinajstić information content (AvgIpc) is 2.61. The van der Waals surface area contributed by atoms with Crippen LogP contribution >= 0.6 is 0 Å². The molecule has 0 fully saturated rings. The molecule has 2 rings (SSSR count). The van der Waals surface area contributed by atoms with E-state index in [2.05, 4.69) is 10.6 Å². The molecular weight excluding hydrogens is 354 g/mol. The van der Waals surface area contributed by atoms with Crippen LogP contribution in [0.1, 0.15) is 25.5 Å². The fraction of sp³-hybridized carbons (Fsp3) is 0.278. The number of para-hydroxylation sites is 1. The van der Waals surface area contributed by atoms with E-state index in [1.54, 1.807) is 14.0 Å². The zero-order chi connectivity index (χ0) is 19.3. The average molecular weight is 377 g/mol. The van der Waals surface area contributed by atoms with Crippen LogP contribution in [0.15, 0.2) is 53.4 Å². The highest BCUT2D eigenvalue weighted by molar-refractivity contribution is 7.89. The third kappa shape index (κ3) is 5.04. The van der Waals surface area contributed by atoms with Crippen molar-refractivity contribution in [1.82, 2.24) is 5.32 Å². The van der Waals surface area contributed by atoms with E-state index in [0.717, 1.165) is 11.3 Å². The molecule has 0 radical (unpaired) electrons. The number of rotatable bonds is 7. The highest BCUT2D eigenvalue weighted by Crippen LogP contribution is 2.24. The first-order valence-electron chi connectivity index (χ1n) is 8.05. The van der Waals surface area contributed by atoms with Gasteiger partial charge in [-0.25, -0.2) is 13.6 Å². The van der Waals surface area contributed by atoms with Crippen molar-refractivity contribution in [2.75, 3.05) is 12.4 Å². The van der Waals surface area contributed by atoms with Gasteiger partial charge in [0.05, 0.1) is 18.0 Å². The fourth-order valence-electron chi connectivity index (χ4n) is 2.54. The number of anilines is 1. The molecule has 2 atom stereocenters. The Labute approximate surface area is 153 Å². The smallest absolute Gasteiger partial charge is 0.241 e.